The standard InChI is InChI=1S/C20H24N6O2/c1-4-15(19(22)28)26(3)17-9-8-13(18(21)27)20(24-17)23-14-6-5-7-16-12(14)10-11-25(16)2/h5-11,15H,4H2,1-3H3,(H2,21,27)(H2,22,28)(H,23,24). The summed E-state index contributed by atoms with van der Waals surface area (Å²) in [5, 5.41) is 4.21. The molecule has 0 saturated heterocycles. The summed E-state index contributed by atoms with van der Waals surface area (Å²) >= 11 is 0. The van der Waals surface area contributed by atoms with Gasteiger partial charge in [0.1, 0.15) is 17.7 Å². The van der Waals surface area contributed by atoms with Gasteiger partial charge in [-0.25, -0.2) is 4.98 Å². The average Bonchev–Trinajstić information content (AvgIpc) is 3.04. The molecule has 0 radical (unpaired) electrons. The monoisotopic (exact) mass is 380 g/mol. The van der Waals surface area contributed by atoms with Gasteiger partial charge in [-0.1, -0.05) is 13.0 Å². The van der Waals surface area contributed by atoms with Gasteiger partial charge in [0, 0.05) is 36.9 Å². The lowest BCUT2D eigenvalue weighted by Gasteiger charge is -2.26. The van der Waals surface area contributed by atoms with Crippen LogP contribution in [0.5, 0.6) is 0 Å². The highest BCUT2D eigenvalue weighted by Gasteiger charge is 2.22. The van der Waals surface area contributed by atoms with Crippen molar-refractivity contribution in [3.63, 3.8) is 0 Å². The van der Waals surface area contributed by atoms with Crippen molar-refractivity contribution in [2.24, 2.45) is 18.5 Å². The number of rotatable bonds is 7. The number of carbonyl (C=O) groups excluding carboxylic acids is 2. The maximum atomic E-state index is 11.9. The highest BCUT2D eigenvalue weighted by atomic mass is 16.1. The van der Waals surface area contributed by atoms with Gasteiger partial charge in [0.25, 0.3) is 5.91 Å². The van der Waals surface area contributed by atoms with Crippen LogP contribution in [-0.4, -0.2) is 34.5 Å². The molecular formula is C20H24N6O2. The Labute approximate surface area is 163 Å². The van der Waals surface area contributed by atoms with Crippen LogP contribution >= 0.6 is 0 Å². The summed E-state index contributed by atoms with van der Waals surface area (Å²) in [5.74, 6) is -0.188. The summed E-state index contributed by atoms with van der Waals surface area (Å²) in [6.45, 7) is 1.87. The number of carbonyl (C=O) groups is 2. The first-order valence-corrected chi connectivity index (χ1v) is 8.97. The Bertz CT molecular complexity index is 1040. The average molecular weight is 380 g/mol. The lowest BCUT2D eigenvalue weighted by molar-refractivity contribution is -0.119. The first kappa shape index (κ1) is 19.2. The molecule has 0 aliphatic rings. The molecule has 2 aromatic heterocycles. The van der Waals surface area contributed by atoms with Crippen LogP contribution in [0.4, 0.5) is 17.3 Å². The van der Waals surface area contributed by atoms with E-state index < -0.39 is 17.9 Å². The van der Waals surface area contributed by atoms with Gasteiger partial charge in [0.2, 0.25) is 5.91 Å². The molecule has 0 fully saturated rings. The van der Waals surface area contributed by atoms with Crippen LogP contribution in [-0.2, 0) is 11.8 Å². The lowest BCUT2D eigenvalue weighted by Crippen LogP contribution is -2.42. The molecule has 146 valence electrons. The molecule has 28 heavy (non-hydrogen) atoms. The topological polar surface area (TPSA) is 119 Å². The molecule has 0 aliphatic carbocycles. The van der Waals surface area contributed by atoms with E-state index in [2.05, 4.69) is 10.3 Å². The zero-order valence-electron chi connectivity index (χ0n) is 16.1. The molecule has 3 rings (SSSR count). The molecule has 0 bridgehead atoms. The van der Waals surface area contributed by atoms with Crippen LogP contribution in [0.2, 0.25) is 0 Å². The Morgan fingerprint density at radius 2 is 1.96 bits per heavy atom. The second-order valence-corrected chi connectivity index (χ2v) is 6.66. The molecule has 0 spiro atoms. The number of primary amides is 2. The number of anilines is 3. The first-order valence-electron chi connectivity index (χ1n) is 8.97. The van der Waals surface area contributed by atoms with Crippen LogP contribution in [0.15, 0.2) is 42.6 Å². The lowest BCUT2D eigenvalue weighted by atomic mass is 10.1. The summed E-state index contributed by atoms with van der Waals surface area (Å²) in [6.07, 6.45) is 2.50. The van der Waals surface area contributed by atoms with E-state index in [1.807, 2.05) is 49.0 Å². The van der Waals surface area contributed by atoms with Gasteiger partial charge in [0.05, 0.1) is 5.56 Å². The molecule has 3 aromatic rings. The van der Waals surface area contributed by atoms with E-state index in [4.69, 9.17) is 11.5 Å². The fourth-order valence-electron chi connectivity index (χ4n) is 3.30. The molecule has 1 aromatic carbocycles. The number of nitrogens with one attached hydrogen (secondary N) is 1. The number of benzene rings is 1. The molecule has 0 aliphatic heterocycles. The smallest absolute Gasteiger partial charge is 0.252 e. The molecule has 8 heteroatoms. The number of likely N-dealkylation sites (N-methyl/N-ethyl adjacent to an activating group) is 1. The van der Waals surface area contributed by atoms with Crippen molar-refractivity contribution < 1.29 is 9.59 Å². The van der Waals surface area contributed by atoms with Crippen molar-refractivity contribution in [1.82, 2.24) is 9.55 Å². The Hall–Kier alpha value is -3.55. The van der Waals surface area contributed by atoms with Crippen LogP contribution in [0, 0.1) is 0 Å². The largest absolute Gasteiger partial charge is 0.368 e. The van der Waals surface area contributed by atoms with Crippen molar-refractivity contribution in [3.8, 4) is 0 Å². The molecule has 1 unspecified atom stereocenters. The number of hydrogen-bond acceptors (Lipinski definition) is 5. The summed E-state index contributed by atoms with van der Waals surface area (Å²) < 4.78 is 2.01. The van der Waals surface area contributed by atoms with E-state index in [0.29, 0.717) is 18.1 Å². The zero-order chi connectivity index (χ0) is 20.4. The highest BCUT2D eigenvalue weighted by Crippen LogP contribution is 2.29. The minimum Gasteiger partial charge on any atom is -0.368 e. The van der Waals surface area contributed by atoms with E-state index in [1.165, 1.54) is 0 Å². The normalized spacial score (nSPS) is 12.0. The Kier molecular flexibility index (Phi) is 5.21. The van der Waals surface area contributed by atoms with Gasteiger partial charge >= 0.3 is 0 Å². The summed E-state index contributed by atoms with van der Waals surface area (Å²) in [5.41, 5.74) is 13.1. The summed E-state index contributed by atoms with van der Waals surface area (Å²) in [6, 6.07) is 10.6. The number of hydrogen-bond donors (Lipinski definition) is 3. The SMILES string of the molecule is CCC(C(N)=O)N(C)c1ccc(C(N)=O)c(Nc2cccc3c2ccn3C)n1. The van der Waals surface area contributed by atoms with Crippen molar-refractivity contribution in [2.75, 3.05) is 17.3 Å². The van der Waals surface area contributed by atoms with Gasteiger partial charge in [-0.05, 0) is 36.8 Å². The Morgan fingerprint density at radius 1 is 1.21 bits per heavy atom. The first-order chi connectivity index (χ1) is 13.3. The van der Waals surface area contributed by atoms with Gasteiger partial charge in [-0.3, -0.25) is 9.59 Å². The van der Waals surface area contributed by atoms with Crippen LogP contribution < -0.4 is 21.7 Å². The predicted molar refractivity (Wildman–Crippen MR) is 111 cm³/mol. The molecule has 2 amide bonds. The van der Waals surface area contributed by atoms with Crippen LogP contribution in [0.1, 0.15) is 23.7 Å². The fourth-order valence-corrected chi connectivity index (χ4v) is 3.30. The third-order valence-corrected chi connectivity index (χ3v) is 4.87. The van der Waals surface area contributed by atoms with Gasteiger partial charge in [-0.2, -0.15) is 0 Å². The number of fused-ring (bicyclic) bond motifs is 1. The van der Waals surface area contributed by atoms with Gasteiger partial charge in [0.15, 0.2) is 0 Å². The molecule has 5 N–H and O–H groups in total. The van der Waals surface area contributed by atoms with Crippen LogP contribution in [0.25, 0.3) is 10.9 Å². The van der Waals surface area contributed by atoms with Crippen molar-refractivity contribution in [3.05, 3.63) is 48.2 Å². The third kappa shape index (κ3) is 3.48. The van der Waals surface area contributed by atoms with E-state index in [1.54, 1.807) is 24.1 Å². The summed E-state index contributed by atoms with van der Waals surface area (Å²) in [7, 11) is 3.70. The number of aryl methyl sites for hydroxylation is 1. The fraction of sp³-hybridized carbons (Fsp3) is 0.250. The Balaban J connectivity index is 2.05. The highest BCUT2D eigenvalue weighted by molar-refractivity contribution is 6.01. The van der Waals surface area contributed by atoms with Gasteiger partial charge < -0.3 is 26.3 Å². The number of aromatic nitrogens is 2. The maximum absolute atomic E-state index is 11.9. The number of nitrogens with zero attached hydrogens (tertiary/aromatic N) is 3. The van der Waals surface area contributed by atoms with E-state index in [0.717, 1.165) is 16.6 Å². The Morgan fingerprint density at radius 3 is 2.61 bits per heavy atom. The third-order valence-electron chi connectivity index (χ3n) is 4.87. The summed E-state index contributed by atoms with van der Waals surface area (Å²) in [4.78, 5) is 29.9. The quantitative estimate of drug-likeness (QED) is 0.580. The zero-order valence-corrected chi connectivity index (χ0v) is 16.1. The minimum atomic E-state index is -0.591. The number of pyridine rings is 1. The van der Waals surface area contributed by atoms with E-state index in [9.17, 15) is 9.59 Å². The molecule has 1 atom stereocenters. The van der Waals surface area contributed by atoms with E-state index in [-0.39, 0.29) is 5.56 Å². The number of nitrogens with two attached hydrogens (primary N) is 2. The minimum absolute atomic E-state index is 0.261. The van der Waals surface area contributed by atoms with E-state index >= 15 is 0 Å². The second-order valence-electron chi connectivity index (χ2n) is 6.66. The molecule has 2 heterocycles. The van der Waals surface area contributed by atoms with Crippen molar-refractivity contribution >= 4 is 40.0 Å². The van der Waals surface area contributed by atoms with Gasteiger partial charge in [-0.15, -0.1) is 0 Å². The van der Waals surface area contributed by atoms with Crippen molar-refractivity contribution in [1.29, 1.82) is 0 Å². The predicted octanol–water partition coefficient (Wildman–Crippen LogP) is 2.12. The molecule has 8 nitrogen and oxygen atoms in total. The van der Waals surface area contributed by atoms with Crippen molar-refractivity contribution in [2.45, 2.75) is 19.4 Å². The maximum Gasteiger partial charge on any atom is 0.252 e. The van der Waals surface area contributed by atoms with Crippen LogP contribution in [0.3, 0.4) is 0 Å². The molecule has 0 saturated carbocycles. The molecular weight excluding hydrogens is 356 g/mol. The second kappa shape index (κ2) is 7.59. The number of amides is 2.